The van der Waals surface area contributed by atoms with Gasteiger partial charge in [-0.15, -0.1) is 0 Å². The summed E-state index contributed by atoms with van der Waals surface area (Å²) >= 11 is 0. The fraction of sp³-hybridized carbons (Fsp3) is 0.407. The first kappa shape index (κ1) is 25.1. The molecule has 0 bridgehead atoms. The summed E-state index contributed by atoms with van der Waals surface area (Å²) in [6.07, 6.45) is 2.84. The second-order valence-electron chi connectivity index (χ2n) is 10.4. The standard InChI is InChI=1S/C27H31NO6S/c1-16-8-10-19(11-9-16)35(31,32)28-14-20(17(2)22-12-24(29)33-26(22,4)5)21(15-28)18(3)23-13-25(30)34-27(23,6)7/h8-13,20-21H,2-3,14-15H2,1,4-7H3/t20-,21+. The average molecular weight is 498 g/mol. The minimum absolute atomic E-state index is 0.156. The molecule has 186 valence electrons. The normalized spacial score (nSPS) is 25.6. The monoisotopic (exact) mass is 497 g/mol. The number of sulfonamides is 1. The number of carbonyl (C=O) groups is 2. The predicted octanol–water partition coefficient (Wildman–Crippen LogP) is 3.87. The quantitative estimate of drug-likeness (QED) is 0.555. The summed E-state index contributed by atoms with van der Waals surface area (Å²) in [6.45, 7) is 17.9. The minimum Gasteiger partial charge on any atom is -0.452 e. The van der Waals surface area contributed by atoms with Crippen LogP contribution in [-0.4, -0.2) is 49.0 Å². The van der Waals surface area contributed by atoms with Crippen LogP contribution >= 0.6 is 0 Å². The fourth-order valence-electron chi connectivity index (χ4n) is 5.14. The second-order valence-corrected chi connectivity index (χ2v) is 12.3. The Kier molecular flexibility index (Phi) is 5.97. The van der Waals surface area contributed by atoms with E-state index in [0.717, 1.165) is 5.56 Å². The smallest absolute Gasteiger partial charge is 0.332 e. The van der Waals surface area contributed by atoms with Gasteiger partial charge >= 0.3 is 11.9 Å². The van der Waals surface area contributed by atoms with Gasteiger partial charge in [-0.2, -0.15) is 4.31 Å². The maximum atomic E-state index is 13.6. The number of hydrogen-bond acceptors (Lipinski definition) is 6. The molecule has 1 saturated heterocycles. The summed E-state index contributed by atoms with van der Waals surface area (Å²) in [5, 5.41) is 0. The van der Waals surface area contributed by atoms with Gasteiger partial charge in [0, 0.05) is 48.2 Å². The van der Waals surface area contributed by atoms with E-state index in [0.29, 0.717) is 22.3 Å². The van der Waals surface area contributed by atoms with Crippen LogP contribution in [0.3, 0.4) is 0 Å². The van der Waals surface area contributed by atoms with Gasteiger partial charge in [-0.1, -0.05) is 30.9 Å². The number of hydrogen-bond donors (Lipinski definition) is 0. The molecule has 0 spiro atoms. The highest BCUT2D eigenvalue weighted by Gasteiger charge is 2.48. The molecule has 0 aromatic heterocycles. The highest BCUT2D eigenvalue weighted by molar-refractivity contribution is 7.89. The first-order valence-electron chi connectivity index (χ1n) is 11.5. The van der Waals surface area contributed by atoms with Crippen molar-refractivity contribution in [3.05, 3.63) is 77.4 Å². The molecule has 0 amide bonds. The lowest BCUT2D eigenvalue weighted by Gasteiger charge is -2.31. The van der Waals surface area contributed by atoms with E-state index in [1.807, 2.05) is 6.92 Å². The number of esters is 2. The lowest BCUT2D eigenvalue weighted by Crippen LogP contribution is -2.30. The number of ether oxygens (including phenoxy) is 2. The van der Waals surface area contributed by atoms with Gasteiger partial charge in [0.15, 0.2) is 0 Å². The molecule has 8 heteroatoms. The molecular formula is C27H31NO6S. The van der Waals surface area contributed by atoms with E-state index in [9.17, 15) is 18.0 Å². The van der Waals surface area contributed by atoms with Crippen molar-refractivity contribution in [1.29, 1.82) is 0 Å². The van der Waals surface area contributed by atoms with Gasteiger partial charge in [-0.05, 0) is 57.9 Å². The molecule has 7 nitrogen and oxygen atoms in total. The van der Waals surface area contributed by atoms with Gasteiger partial charge in [-0.3, -0.25) is 0 Å². The predicted molar refractivity (Wildman–Crippen MR) is 132 cm³/mol. The molecular weight excluding hydrogens is 466 g/mol. The third kappa shape index (κ3) is 4.41. The number of benzene rings is 1. The Morgan fingerprint density at radius 1 is 0.857 bits per heavy atom. The van der Waals surface area contributed by atoms with Crippen molar-refractivity contribution < 1.29 is 27.5 Å². The summed E-state index contributed by atoms with van der Waals surface area (Å²) in [5.41, 5.74) is 1.71. The Bertz CT molecular complexity index is 1230. The lowest BCUT2D eigenvalue weighted by atomic mass is 9.75. The van der Waals surface area contributed by atoms with E-state index in [2.05, 4.69) is 13.2 Å². The number of nitrogens with zero attached hydrogens (tertiary/aromatic N) is 1. The van der Waals surface area contributed by atoms with Crippen LogP contribution < -0.4 is 0 Å². The van der Waals surface area contributed by atoms with Crippen molar-refractivity contribution in [2.45, 2.75) is 50.7 Å². The summed E-state index contributed by atoms with van der Waals surface area (Å²) in [6, 6.07) is 6.72. The largest absolute Gasteiger partial charge is 0.452 e. The third-order valence-corrected chi connectivity index (χ3v) is 8.91. The zero-order valence-electron chi connectivity index (χ0n) is 20.8. The Morgan fingerprint density at radius 2 is 1.26 bits per heavy atom. The first-order valence-corrected chi connectivity index (χ1v) is 12.9. The van der Waals surface area contributed by atoms with Crippen molar-refractivity contribution in [3.63, 3.8) is 0 Å². The van der Waals surface area contributed by atoms with Crippen molar-refractivity contribution in [2.24, 2.45) is 11.8 Å². The molecule has 0 N–H and O–H groups in total. The van der Waals surface area contributed by atoms with Crippen LogP contribution in [0.5, 0.6) is 0 Å². The van der Waals surface area contributed by atoms with Crippen LogP contribution in [0.15, 0.2) is 76.8 Å². The van der Waals surface area contributed by atoms with Gasteiger partial charge in [-0.25, -0.2) is 18.0 Å². The highest BCUT2D eigenvalue weighted by Crippen LogP contribution is 2.46. The van der Waals surface area contributed by atoms with E-state index < -0.39 is 33.2 Å². The zero-order valence-corrected chi connectivity index (χ0v) is 21.6. The van der Waals surface area contributed by atoms with Crippen LogP contribution in [0.1, 0.15) is 33.3 Å². The van der Waals surface area contributed by atoms with Gasteiger partial charge < -0.3 is 9.47 Å². The van der Waals surface area contributed by atoms with Crippen LogP contribution in [0.4, 0.5) is 0 Å². The summed E-state index contributed by atoms with van der Waals surface area (Å²) < 4.78 is 39.4. The van der Waals surface area contributed by atoms with E-state index >= 15 is 0 Å². The first-order chi connectivity index (χ1) is 16.1. The van der Waals surface area contributed by atoms with Gasteiger partial charge in [0.2, 0.25) is 10.0 Å². The Hall–Kier alpha value is -2.97. The van der Waals surface area contributed by atoms with E-state index in [1.54, 1.807) is 52.0 Å². The topological polar surface area (TPSA) is 90.0 Å². The van der Waals surface area contributed by atoms with Crippen LogP contribution in [0, 0.1) is 18.8 Å². The Morgan fingerprint density at radius 3 is 1.60 bits per heavy atom. The summed E-state index contributed by atoms with van der Waals surface area (Å²) in [5.74, 6) is -1.67. The molecule has 2 atom stereocenters. The minimum atomic E-state index is -3.80. The molecule has 0 saturated carbocycles. The zero-order chi connectivity index (χ0) is 25.9. The molecule has 4 rings (SSSR count). The molecule has 0 aliphatic carbocycles. The Labute approximate surface area is 206 Å². The van der Waals surface area contributed by atoms with Crippen molar-refractivity contribution in [2.75, 3.05) is 13.1 Å². The number of rotatable bonds is 6. The molecule has 3 aliphatic heterocycles. The van der Waals surface area contributed by atoms with Crippen molar-refractivity contribution in [3.8, 4) is 0 Å². The second kappa shape index (κ2) is 8.31. The van der Waals surface area contributed by atoms with Crippen molar-refractivity contribution >= 4 is 22.0 Å². The lowest BCUT2D eigenvalue weighted by molar-refractivity contribution is -0.144. The van der Waals surface area contributed by atoms with E-state index in [-0.39, 0.29) is 29.8 Å². The van der Waals surface area contributed by atoms with Crippen LogP contribution in [0.25, 0.3) is 0 Å². The SMILES string of the molecule is C=C(C1=CC(=O)OC1(C)C)[C@H]1CN(S(=O)(=O)c2ccc(C)cc2)C[C@H]1C(=C)C1=CC(=O)OC1(C)C. The maximum absolute atomic E-state index is 13.6. The maximum Gasteiger partial charge on any atom is 0.332 e. The fourth-order valence-corrected chi connectivity index (χ4v) is 6.63. The number of carbonyl (C=O) groups excluding carboxylic acids is 2. The molecule has 0 radical (unpaired) electrons. The molecule has 1 aromatic carbocycles. The molecule has 3 heterocycles. The van der Waals surface area contributed by atoms with E-state index in [4.69, 9.17) is 9.47 Å². The Balaban J connectivity index is 1.74. The summed E-state index contributed by atoms with van der Waals surface area (Å²) in [4.78, 5) is 24.3. The molecule has 3 aliphatic rings. The number of cyclic esters (lactones) is 2. The van der Waals surface area contributed by atoms with Crippen LogP contribution in [0.2, 0.25) is 0 Å². The van der Waals surface area contributed by atoms with Gasteiger partial charge in [0.05, 0.1) is 4.90 Å². The average Bonchev–Trinajstić information content (AvgIpc) is 3.39. The van der Waals surface area contributed by atoms with Gasteiger partial charge in [0.25, 0.3) is 0 Å². The van der Waals surface area contributed by atoms with Crippen LogP contribution in [-0.2, 0) is 29.1 Å². The molecule has 0 unspecified atom stereocenters. The highest BCUT2D eigenvalue weighted by atomic mass is 32.2. The van der Waals surface area contributed by atoms with E-state index in [1.165, 1.54) is 16.5 Å². The molecule has 1 aromatic rings. The third-order valence-electron chi connectivity index (χ3n) is 7.07. The van der Waals surface area contributed by atoms with Crippen molar-refractivity contribution in [1.82, 2.24) is 4.31 Å². The summed E-state index contributed by atoms with van der Waals surface area (Å²) in [7, 11) is -3.80. The van der Waals surface area contributed by atoms with Gasteiger partial charge in [0.1, 0.15) is 11.2 Å². The molecule has 1 fully saturated rings. The molecule has 35 heavy (non-hydrogen) atoms. The number of aryl methyl sites for hydroxylation is 1.